The highest BCUT2D eigenvalue weighted by Crippen LogP contribution is 2.39. The molecule has 1 aromatic heterocycles. The summed E-state index contributed by atoms with van der Waals surface area (Å²) in [6, 6.07) is 10.9. The Kier molecular flexibility index (Phi) is 8.08. The van der Waals surface area contributed by atoms with Crippen molar-refractivity contribution in [1.29, 1.82) is 0 Å². The van der Waals surface area contributed by atoms with Crippen LogP contribution in [0.2, 0.25) is 18.1 Å². The van der Waals surface area contributed by atoms with Crippen molar-refractivity contribution in [3.05, 3.63) is 64.2 Å². The zero-order valence-corrected chi connectivity index (χ0v) is 20.3. The molecule has 1 N–H and O–H groups in total. The van der Waals surface area contributed by atoms with E-state index in [4.69, 9.17) is 13.6 Å². The fourth-order valence-corrected chi connectivity index (χ4v) is 3.90. The summed E-state index contributed by atoms with van der Waals surface area (Å²) in [5.74, 6) is 0.115. The van der Waals surface area contributed by atoms with Crippen molar-refractivity contribution in [3.63, 3.8) is 0 Å². The summed E-state index contributed by atoms with van der Waals surface area (Å²) in [6.45, 7) is 15.6. The van der Waals surface area contributed by atoms with Gasteiger partial charge in [-0.2, -0.15) is 0 Å². The normalized spacial score (nSPS) is 14.6. The Morgan fingerprint density at radius 2 is 1.73 bits per heavy atom. The molecule has 0 spiro atoms. The van der Waals surface area contributed by atoms with Crippen LogP contribution in [0.3, 0.4) is 0 Å². The molecule has 0 saturated carbocycles. The minimum atomic E-state index is -1.98. The first-order valence-electron chi connectivity index (χ1n) is 10.5. The Morgan fingerprint density at radius 1 is 1.10 bits per heavy atom. The average Bonchev–Trinajstić information content (AvgIpc) is 2.66. The third-order valence-corrected chi connectivity index (χ3v) is 10.6. The topological polar surface area (TPSA) is 68.9 Å². The van der Waals surface area contributed by atoms with Gasteiger partial charge in [-0.1, -0.05) is 65.0 Å². The number of aliphatic hydroxyl groups is 1. The molecule has 6 heteroatoms. The summed E-state index contributed by atoms with van der Waals surface area (Å²) < 4.78 is 17.8. The third-order valence-electron chi connectivity index (χ3n) is 6.06. The quantitative estimate of drug-likeness (QED) is 0.526. The van der Waals surface area contributed by atoms with E-state index in [1.54, 1.807) is 0 Å². The van der Waals surface area contributed by atoms with E-state index < -0.39 is 14.4 Å². The second-order valence-electron chi connectivity index (χ2n) is 9.68. The van der Waals surface area contributed by atoms with Crippen LogP contribution in [0, 0.1) is 11.8 Å². The van der Waals surface area contributed by atoms with Gasteiger partial charge in [0.15, 0.2) is 14.1 Å². The Bertz CT molecular complexity index is 852. The lowest BCUT2D eigenvalue weighted by atomic mass is 9.89. The van der Waals surface area contributed by atoms with Gasteiger partial charge in [-0.3, -0.25) is 4.79 Å². The van der Waals surface area contributed by atoms with Crippen LogP contribution in [0.15, 0.2) is 51.9 Å². The van der Waals surface area contributed by atoms with E-state index in [2.05, 4.69) is 33.9 Å². The SMILES string of the molecule is CC(C)C(CO[Si](C)(C)C(C)(C)C)C(O)c1occc(=O)c1OCc1ccccc1. The van der Waals surface area contributed by atoms with E-state index in [9.17, 15) is 9.90 Å². The first-order valence-corrected chi connectivity index (χ1v) is 13.5. The molecule has 0 aliphatic carbocycles. The highest BCUT2D eigenvalue weighted by molar-refractivity contribution is 6.74. The fourth-order valence-electron chi connectivity index (χ4n) is 2.86. The molecule has 166 valence electrons. The van der Waals surface area contributed by atoms with Gasteiger partial charge in [0.25, 0.3) is 0 Å². The van der Waals surface area contributed by atoms with Crippen molar-refractivity contribution < 1.29 is 18.7 Å². The van der Waals surface area contributed by atoms with Gasteiger partial charge in [0.2, 0.25) is 11.2 Å². The molecule has 0 amide bonds. The molecular weight excluding hydrogens is 396 g/mol. The van der Waals surface area contributed by atoms with Gasteiger partial charge >= 0.3 is 0 Å². The van der Waals surface area contributed by atoms with Gasteiger partial charge in [-0.15, -0.1) is 0 Å². The summed E-state index contributed by atoms with van der Waals surface area (Å²) in [5, 5.41) is 11.2. The molecule has 30 heavy (non-hydrogen) atoms. The van der Waals surface area contributed by atoms with Gasteiger partial charge < -0.3 is 18.7 Å². The lowest BCUT2D eigenvalue weighted by Gasteiger charge is -2.38. The van der Waals surface area contributed by atoms with Crippen LogP contribution in [-0.4, -0.2) is 20.0 Å². The maximum absolute atomic E-state index is 12.5. The molecule has 1 heterocycles. The monoisotopic (exact) mass is 432 g/mol. The molecule has 5 nitrogen and oxygen atoms in total. The minimum Gasteiger partial charge on any atom is -0.482 e. The molecule has 0 bridgehead atoms. The number of ether oxygens (including phenoxy) is 1. The van der Waals surface area contributed by atoms with Gasteiger partial charge in [-0.25, -0.2) is 0 Å². The van der Waals surface area contributed by atoms with E-state index in [1.807, 2.05) is 44.2 Å². The Morgan fingerprint density at radius 3 is 2.30 bits per heavy atom. The van der Waals surface area contributed by atoms with Crippen molar-refractivity contribution in [2.45, 2.75) is 65.5 Å². The van der Waals surface area contributed by atoms with E-state index >= 15 is 0 Å². The minimum absolute atomic E-state index is 0.0619. The highest BCUT2D eigenvalue weighted by Gasteiger charge is 2.39. The van der Waals surface area contributed by atoms with Gasteiger partial charge in [0, 0.05) is 18.6 Å². The lowest BCUT2D eigenvalue weighted by molar-refractivity contribution is 0.0249. The molecule has 2 atom stereocenters. The standard InChI is InChI=1S/C24H36O5Si/c1-17(2)19(16-29-30(6,7)24(3,4)5)21(26)23-22(20(25)13-14-27-23)28-15-18-11-9-8-10-12-18/h8-14,17,19,21,26H,15-16H2,1-7H3. The molecule has 0 aliphatic rings. The van der Waals surface area contributed by atoms with Crippen molar-refractivity contribution in [1.82, 2.24) is 0 Å². The van der Waals surface area contributed by atoms with Crippen LogP contribution in [-0.2, 0) is 11.0 Å². The number of aliphatic hydroxyl groups excluding tert-OH is 1. The van der Waals surface area contributed by atoms with E-state index in [0.29, 0.717) is 6.61 Å². The molecule has 0 saturated heterocycles. The highest BCUT2D eigenvalue weighted by atomic mass is 28.4. The summed E-state index contributed by atoms with van der Waals surface area (Å²) in [6.07, 6.45) is 0.303. The number of hydrogen-bond donors (Lipinski definition) is 1. The predicted molar refractivity (Wildman–Crippen MR) is 122 cm³/mol. The van der Waals surface area contributed by atoms with Crippen LogP contribution in [0.4, 0.5) is 0 Å². The molecular formula is C24H36O5Si. The Balaban J connectivity index is 2.25. The van der Waals surface area contributed by atoms with Crippen LogP contribution in [0.5, 0.6) is 5.75 Å². The zero-order valence-electron chi connectivity index (χ0n) is 19.3. The van der Waals surface area contributed by atoms with Crippen molar-refractivity contribution >= 4 is 8.32 Å². The van der Waals surface area contributed by atoms with Crippen molar-refractivity contribution in [2.75, 3.05) is 6.61 Å². The van der Waals surface area contributed by atoms with Gasteiger partial charge in [0.1, 0.15) is 12.7 Å². The summed E-state index contributed by atoms with van der Waals surface area (Å²) >= 11 is 0. The molecule has 0 fully saturated rings. The number of benzene rings is 1. The Hall–Kier alpha value is -1.89. The van der Waals surface area contributed by atoms with Gasteiger partial charge in [0.05, 0.1) is 6.26 Å². The fraction of sp³-hybridized carbons (Fsp3) is 0.542. The zero-order chi connectivity index (χ0) is 22.5. The number of rotatable bonds is 9. The molecule has 1 aromatic carbocycles. The summed E-state index contributed by atoms with van der Waals surface area (Å²) in [7, 11) is -1.98. The predicted octanol–water partition coefficient (Wildman–Crippen LogP) is 5.55. The van der Waals surface area contributed by atoms with Crippen LogP contribution >= 0.6 is 0 Å². The van der Waals surface area contributed by atoms with E-state index in [0.717, 1.165) is 5.56 Å². The van der Waals surface area contributed by atoms with E-state index in [1.165, 1.54) is 12.3 Å². The maximum Gasteiger partial charge on any atom is 0.227 e. The molecule has 0 aliphatic heterocycles. The van der Waals surface area contributed by atoms with Gasteiger partial charge in [-0.05, 0) is 29.6 Å². The molecule has 2 unspecified atom stereocenters. The Labute approximate surface area is 181 Å². The summed E-state index contributed by atoms with van der Waals surface area (Å²) in [4.78, 5) is 12.5. The molecule has 2 aromatic rings. The first kappa shape index (κ1) is 24.4. The van der Waals surface area contributed by atoms with Crippen molar-refractivity contribution in [2.24, 2.45) is 11.8 Å². The second-order valence-corrected chi connectivity index (χ2v) is 14.5. The smallest absolute Gasteiger partial charge is 0.227 e. The largest absolute Gasteiger partial charge is 0.482 e. The average molecular weight is 433 g/mol. The van der Waals surface area contributed by atoms with Crippen LogP contribution in [0.1, 0.15) is 52.0 Å². The molecule has 0 radical (unpaired) electrons. The van der Waals surface area contributed by atoms with Crippen LogP contribution < -0.4 is 10.2 Å². The number of hydrogen-bond acceptors (Lipinski definition) is 5. The van der Waals surface area contributed by atoms with E-state index in [-0.39, 0.29) is 40.4 Å². The van der Waals surface area contributed by atoms with Crippen molar-refractivity contribution in [3.8, 4) is 5.75 Å². The molecule has 2 rings (SSSR count). The second kappa shape index (κ2) is 9.94. The summed E-state index contributed by atoms with van der Waals surface area (Å²) in [5.41, 5.74) is 0.627. The third kappa shape index (κ3) is 6.06. The van der Waals surface area contributed by atoms with Crippen LogP contribution in [0.25, 0.3) is 0 Å². The first-order chi connectivity index (χ1) is 13.9. The lowest BCUT2D eigenvalue weighted by Crippen LogP contribution is -2.43. The maximum atomic E-state index is 12.5.